The third kappa shape index (κ3) is 4.44. The summed E-state index contributed by atoms with van der Waals surface area (Å²) in [5, 5.41) is 3.67. The number of benzodiazepines with no additional fused rings is 1. The van der Waals surface area contributed by atoms with Crippen molar-refractivity contribution in [3.8, 4) is 17.2 Å². The van der Waals surface area contributed by atoms with E-state index in [-0.39, 0.29) is 6.54 Å². The molecule has 5 rings (SSSR count). The second kappa shape index (κ2) is 10.5. The standard InChI is InChI=1S/C29H29N5O5/c1-34-21-12-8-6-10-18(21)24(23-22(37-2)14-17(15-30)25(38-3)26(23)39-4)32-27(29(34)36)33-28(35)20-13-16-9-5-7-11-19(16)31-20/h5-14,27,31H,15,30H2,1-4H3,(H,33,35). The number of amides is 2. The number of aliphatic imine (C=N–C) groups is 1. The van der Waals surface area contributed by atoms with Crippen LogP contribution in [0.2, 0.25) is 0 Å². The Morgan fingerprint density at radius 1 is 1.03 bits per heavy atom. The predicted octanol–water partition coefficient (Wildman–Crippen LogP) is 3.22. The number of aromatic nitrogens is 1. The van der Waals surface area contributed by atoms with Gasteiger partial charge in [-0.3, -0.25) is 9.59 Å². The second-order valence-corrected chi connectivity index (χ2v) is 8.92. The van der Waals surface area contributed by atoms with Gasteiger partial charge in [0.05, 0.1) is 38.3 Å². The molecule has 0 fully saturated rings. The first-order chi connectivity index (χ1) is 18.9. The van der Waals surface area contributed by atoms with Gasteiger partial charge in [-0.25, -0.2) is 4.99 Å². The Bertz CT molecular complexity index is 1580. The maximum Gasteiger partial charge on any atom is 0.272 e. The third-order valence-corrected chi connectivity index (χ3v) is 6.75. The molecule has 39 heavy (non-hydrogen) atoms. The van der Waals surface area contributed by atoms with Crippen molar-refractivity contribution in [3.05, 3.63) is 83.0 Å². The average molecular weight is 528 g/mol. The van der Waals surface area contributed by atoms with E-state index in [0.717, 1.165) is 10.9 Å². The molecule has 0 spiro atoms. The Kier molecular flexibility index (Phi) is 6.95. The summed E-state index contributed by atoms with van der Waals surface area (Å²) in [4.78, 5) is 36.4. The molecule has 1 aliphatic heterocycles. The lowest BCUT2D eigenvalue weighted by Crippen LogP contribution is -2.46. The van der Waals surface area contributed by atoms with Gasteiger partial charge < -0.3 is 35.1 Å². The molecule has 10 nitrogen and oxygen atoms in total. The highest BCUT2D eigenvalue weighted by molar-refractivity contribution is 6.23. The summed E-state index contributed by atoms with van der Waals surface area (Å²) in [6.07, 6.45) is -1.24. The van der Waals surface area contributed by atoms with Crippen molar-refractivity contribution >= 4 is 34.1 Å². The highest BCUT2D eigenvalue weighted by Gasteiger charge is 2.34. The molecule has 200 valence electrons. The SMILES string of the molecule is COc1cc(CN)c(OC)c(OC)c1C1=NC(NC(=O)c2cc3ccccc3[nH]2)C(=O)N(C)c2ccccc21. The number of carbonyl (C=O) groups is 2. The van der Waals surface area contributed by atoms with Crippen LogP contribution in [0.15, 0.2) is 65.7 Å². The molecule has 4 N–H and O–H groups in total. The molecule has 2 amide bonds. The second-order valence-electron chi connectivity index (χ2n) is 8.92. The topological polar surface area (TPSA) is 131 Å². The number of rotatable bonds is 7. The van der Waals surface area contributed by atoms with E-state index in [2.05, 4.69) is 10.3 Å². The first-order valence-electron chi connectivity index (χ1n) is 12.3. The van der Waals surface area contributed by atoms with Gasteiger partial charge in [0.2, 0.25) is 6.17 Å². The number of fused-ring (bicyclic) bond motifs is 2. The number of anilines is 1. The van der Waals surface area contributed by atoms with Crippen LogP contribution in [-0.4, -0.2) is 57.1 Å². The molecular weight excluding hydrogens is 498 g/mol. The Hall–Kier alpha value is -4.83. The van der Waals surface area contributed by atoms with E-state index >= 15 is 0 Å². The minimum absolute atomic E-state index is 0.184. The molecule has 4 aromatic rings. The predicted molar refractivity (Wildman–Crippen MR) is 149 cm³/mol. The van der Waals surface area contributed by atoms with E-state index in [9.17, 15) is 9.59 Å². The molecule has 1 unspecified atom stereocenters. The van der Waals surface area contributed by atoms with Crippen LogP contribution < -0.4 is 30.2 Å². The Balaban J connectivity index is 1.69. The zero-order valence-corrected chi connectivity index (χ0v) is 22.1. The maximum atomic E-state index is 13.6. The van der Waals surface area contributed by atoms with Crippen molar-refractivity contribution in [2.24, 2.45) is 10.7 Å². The van der Waals surface area contributed by atoms with Crippen molar-refractivity contribution < 1.29 is 23.8 Å². The van der Waals surface area contributed by atoms with Gasteiger partial charge in [0.25, 0.3) is 11.8 Å². The Labute approximate surface area is 225 Å². The minimum atomic E-state index is -1.24. The molecule has 0 aliphatic carbocycles. The molecule has 10 heteroatoms. The smallest absolute Gasteiger partial charge is 0.272 e. The molecule has 2 heterocycles. The molecule has 1 atom stereocenters. The monoisotopic (exact) mass is 527 g/mol. The number of ether oxygens (including phenoxy) is 3. The van der Waals surface area contributed by atoms with E-state index in [1.54, 1.807) is 19.2 Å². The number of benzene rings is 3. The first kappa shape index (κ1) is 25.8. The number of hydrogen-bond acceptors (Lipinski definition) is 7. The molecule has 1 aliphatic rings. The minimum Gasteiger partial charge on any atom is -0.496 e. The van der Waals surface area contributed by atoms with E-state index in [1.165, 1.54) is 26.2 Å². The van der Waals surface area contributed by atoms with Crippen LogP contribution in [-0.2, 0) is 11.3 Å². The fourth-order valence-corrected chi connectivity index (χ4v) is 4.84. The number of hydrogen-bond donors (Lipinski definition) is 3. The third-order valence-electron chi connectivity index (χ3n) is 6.75. The summed E-state index contributed by atoms with van der Waals surface area (Å²) >= 11 is 0. The van der Waals surface area contributed by atoms with E-state index < -0.39 is 18.0 Å². The van der Waals surface area contributed by atoms with Gasteiger partial charge in [0.15, 0.2) is 11.5 Å². The van der Waals surface area contributed by atoms with Crippen molar-refractivity contribution in [2.75, 3.05) is 33.3 Å². The summed E-state index contributed by atoms with van der Waals surface area (Å²) in [7, 11) is 6.21. The molecule has 0 radical (unpaired) electrons. The molecule has 1 aromatic heterocycles. The number of H-pyrrole nitrogens is 1. The van der Waals surface area contributed by atoms with Crippen molar-refractivity contribution in [3.63, 3.8) is 0 Å². The molecule has 0 bridgehead atoms. The number of likely N-dealkylation sites (N-methyl/N-ethyl adjacent to an activating group) is 1. The summed E-state index contributed by atoms with van der Waals surface area (Å²) in [5.41, 5.74) is 9.89. The highest BCUT2D eigenvalue weighted by atomic mass is 16.5. The lowest BCUT2D eigenvalue weighted by Gasteiger charge is -2.21. The van der Waals surface area contributed by atoms with Crippen LogP contribution in [0.5, 0.6) is 17.2 Å². The zero-order valence-electron chi connectivity index (χ0n) is 22.1. The van der Waals surface area contributed by atoms with Crippen LogP contribution in [0.3, 0.4) is 0 Å². The van der Waals surface area contributed by atoms with Crippen molar-refractivity contribution in [1.82, 2.24) is 10.3 Å². The summed E-state index contributed by atoms with van der Waals surface area (Å²) in [5.74, 6) is 0.328. The molecule has 0 saturated heterocycles. The van der Waals surface area contributed by atoms with Gasteiger partial charge in [-0.05, 0) is 24.3 Å². The van der Waals surface area contributed by atoms with Crippen molar-refractivity contribution in [1.29, 1.82) is 0 Å². The number of para-hydroxylation sites is 2. The number of nitrogens with zero attached hydrogens (tertiary/aromatic N) is 2. The van der Waals surface area contributed by atoms with Crippen LogP contribution in [0.4, 0.5) is 5.69 Å². The largest absolute Gasteiger partial charge is 0.496 e. The van der Waals surface area contributed by atoms with Crippen LogP contribution in [0.1, 0.15) is 27.2 Å². The number of methoxy groups -OCH3 is 3. The number of nitrogens with one attached hydrogen (secondary N) is 2. The zero-order chi connectivity index (χ0) is 27.7. The fourth-order valence-electron chi connectivity index (χ4n) is 4.84. The quantitative estimate of drug-likeness (QED) is 0.338. The highest BCUT2D eigenvalue weighted by Crippen LogP contribution is 2.43. The van der Waals surface area contributed by atoms with Gasteiger partial charge >= 0.3 is 0 Å². The Morgan fingerprint density at radius 2 is 1.74 bits per heavy atom. The normalized spacial score (nSPS) is 14.9. The average Bonchev–Trinajstić information content (AvgIpc) is 3.38. The van der Waals surface area contributed by atoms with Gasteiger partial charge in [0.1, 0.15) is 11.4 Å². The first-order valence-corrected chi connectivity index (χ1v) is 12.3. The van der Waals surface area contributed by atoms with Crippen molar-refractivity contribution in [2.45, 2.75) is 12.7 Å². The lowest BCUT2D eigenvalue weighted by atomic mass is 9.96. The van der Waals surface area contributed by atoms with E-state index in [0.29, 0.717) is 51.0 Å². The van der Waals surface area contributed by atoms with Gasteiger partial charge in [0, 0.05) is 35.6 Å². The number of nitrogens with two attached hydrogens (primary N) is 1. The van der Waals surface area contributed by atoms with Gasteiger partial charge in [-0.1, -0.05) is 36.4 Å². The molecular formula is C29H29N5O5. The van der Waals surface area contributed by atoms with Crippen LogP contribution >= 0.6 is 0 Å². The van der Waals surface area contributed by atoms with E-state index in [4.69, 9.17) is 24.9 Å². The van der Waals surface area contributed by atoms with E-state index in [1.807, 2.05) is 48.5 Å². The summed E-state index contributed by atoms with van der Waals surface area (Å²) < 4.78 is 17.2. The molecule has 0 saturated carbocycles. The number of carbonyl (C=O) groups excluding carboxylic acids is 2. The van der Waals surface area contributed by atoms with Gasteiger partial charge in [-0.15, -0.1) is 0 Å². The van der Waals surface area contributed by atoms with Crippen LogP contribution in [0, 0.1) is 0 Å². The fraction of sp³-hybridized carbons (Fsp3) is 0.207. The maximum absolute atomic E-state index is 13.6. The lowest BCUT2D eigenvalue weighted by molar-refractivity contribution is -0.119. The summed E-state index contributed by atoms with van der Waals surface area (Å²) in [6.45, 7) is 0.184. The molecule has 3 aromatic carbocycles. The van der Waals surface area contributed by atoms with Crippen LogP contribution in [0.25, 0.3) is 10.9 Å². The van der Waals surface area contributed by atoms with Gasteiger partial charge in [-0.2, -0.15) is 0 Å². The summed E-state index contributed by atoms with van der Waals surface area (Å²) in [6, 6.07) is 18.4. The Morgan fingerprint density at radius 3 is 2.44 bits per heavy atom. The number of aromatic amines is 1.